The van der Waals surface area contributed by atoms with E-state index in [1.54, 1.807) is 6.20 Å². The van der Waals surface area contributed by atoms with Crippen LogP contribution in [0.5, 0.6) is 0 Å². The predicted molar refractivity (Wildman–Crippen MR) is 90.2 cm³/mol. The van der Waals surface area contributed by atoms with Gasteiger partial charge in [-0.25, -0.2) is 9.97 Å². The molecule has 3 aromatic rings. The summed E-state index contributed by atoms with van der Waals surface area (Å²) < 4.78 is 0. The Hall–Kier alpha value is -3.00. The maximum absolute atomic E-state index is 9.36. The number of hydrogen-bond acceptors (Lipinski definition) is 4. The van der Waals surface area contributed by atoms with Gasteiger partial charge in [-0.2, -0.15) is 5.26 Å². The molecule has 23 heavy (non-hydrogen) atoms. The molecule has 0 aliphatic carbocycles. The molecule has 0 spiro atoms. The quantitative estimate of drug-likeness (QED) is 0.726. The molecule has 0 fully saturated rings. The van der Waals surface area contributed by atoms with Crippen LogP contribution in [0.2, 0.25) is 0 Å². The smallest absolute Gasteiger partial charge is 0.141 e. The van der Waals surface area contributed by atoms with E-state index in [1.165, 1.54) is 6.33 Å². The van der Waals surface area contributed by atoms with E-state index < -0.39 is 0 Å². The second-order valence-corrected chi connectivity index (χ2v) is 6.43. The molecular weight excluding hydrogens is 286 g/mol. The van der Waals surface area contributed by atoms with Crippen molar-refractivity contribution in [3.63, 3.8) is 0 Å². The summed E-state index contributed by atoms with van der Waals surface area (Å²) in [7, 11) is 0. The second kappa shape index (κ2) is 5.65. The molecule has 0 amide bonds. The molecule has 0 unspecified atom stereocenters. The largest absolute Gasteiger partial charge is 0.346 e. The fourth-order valence-corrected chi connectivity index (χ4v) is 2.39. The van der Waals surface area contributed by atoms with Crippen molar-refractivity contribution in [1.82, 2.24) is 19.9 Å². The van der Waals surface area contributed by atoms with Crippen LogP contribution in [0.15, 0.2) is 43.0 Å². The van der Waals surface area contributed by atoms with Crippen LogP contribution in [0, 0.1) is 16.7 Å². The van der Waals surface area contributed by atoms with E-state index in [2.05, 4.69) is 46.8 Å². The van der Waals surface area contributed by atoms with E-state index in [0.717, 1.165) is 22.3 Å². The van der Waals surface area contributed by atoms with Gasteiger partial charge in [-0.05, 0) is 23.6 Å². The van der Waals surface area contributed by atoms with Crippen molar-refractivity contribution in [3.8, 4) is 17.3 Å². The highest BCUT2D eigenvalue weighted by molar-refractivity contribution is 5.90. The number of allylic oxidation sites excluding steroid dienone is 2. The number of hydrogen-bond donors (Lipinski definition) is 1. The number of nitriles is 1. The first-order valence-corrected chi connectivity index (χ1v) is 7.36. The molecule has 3 rings (SSSR count). The molecule has 0 saturated heterocycles. The summed E-state index contributed by atoms with van der Waals surface area (Å²) >= 11 is 0. The standard InChI is InChI=1S/C18H17N5/c1-18(2,3)8-13(9-19)15-5-4-12(10-21-15)16-14-6-7-20-17(14)23-11-22-16/h4-8,10-11H,1-3H3,(H,20,22,23). The number of H-pyrrole nitrogens is 1. The molecule has 5 nitrogen and oxygen atoms in total. The van der Waals surface area contributed by atoms with Crippen molar-refractivity contribution in [2.75, 3.05) is 0 Å². The monoisotopic (exact) mass is 303 g/mol. The van der Waals surface area contributed by atoms with Gasteiger partial charge in [0.25, 0.3) is 0 Å². The van der Waals surface area contributed by atoms with Crippen LogP contribution in [0.1, 0.15) is 26.5 Å². The van der Waals surface area contributed by atoms with Crippen LogP contribution in [0.4, 0.5) is 0 Å². The van der Waals surface area contributed by atoms with Crippen LogP contribution in [0.25, 0.3) is 27.9 Å². The fraction of sp³-hybridized carbons (Fsp3) is 0.222. The van der Waals surface area contributed by atoms with E-state index in [-0.39, 0.29) is 5.41 Å². The summed E-state index contributed by atoms with van der Waals surface area (Å²) in [5.41, 5.74) is 3.70. The molecule has 0 radical (unpaired) electrons. The minimum Gasteiger partial charge on any atom is -0.346 e. The Morgan fingerprint density at radius 2 is 2.00 bits per heavy atom. The Kier molecular flexibility index (Phi) is 3.67. The minimum absolute atomic E-state index is 0.0741. The molecule has 0 atom stereocenters. The third-order valence-electron chi connectivity index (χ3n) is 3.36. The number of aromatic amines is 1. The molecule has 3 heterocycles. The highest BCUT2D eigenvalue weighted by Crippen LogP contribution is 2.26. The van der Waals surface area contributed by atoms with Crippen molar-refractivity contribution in [2.24, 2.45) is 5.41 Å². The highest BCUT2D eigenvalue weighted by Gasteiger charge is 2.12. The maximum Gasteiger partial charge on any atom is 0.141 e. The van der Waals surface area contributed by atoms with Crippen molar-refractivity contribution < 1.29 is 0 Å². The number of nitrogens with zero attached hydrogens (tertiary/aromatic N) is 4. The average Bonchev–Trinajstić information content (AvgIpc) is 3.00. The first kappa shape index (κ1) is 14.9. The summed E-state index contributed by atoms with van der Waals surface area (Å²) in [6.07, 6.45) is 7.05. The topological polar surface area (TPSA) is 78.2 Å². The first-order valence-electron chi connectivity index (χ1n) is 7.36. The SMILES string of the molecule is CC(C)(C)C=C(C#N)c1ccc(-c2ncnc3[nH]ccc23)cn1. The Morgan fingerprint density at radius 3 is 2.65 bits per heavy atom. The Labute approximate surface area is 134 Å². The Bertz CT molecular complexity index is 905. The van der Waals surface area contributed by atoms with Gasteiger partial charge in [0.1, 0.15) is 18.0 Å². The van der Waals surface area contributed by atoms with Crippen LogP contribution >= 0.6 is 0 Å². The molecule has 1 N–H and O–H groups in total. The lowest BCUT2D eigenvalue weighted by atomic mass is 9.92. The second-order valence-electron chi connectivity index (χ2n) is 6.43. The lowest BCUT2D eigenvalue weighted by molar-refractivity contribution is 0.546. The third kappa shape index (κ3) is 3.11. The van der Waals surface area contributed by atoms with E-state index in [4.69, 9.17) is 0 Å². The van der Waals surface area contributed by atoms with Crippen molar-refractivity contribution >= 4 is 16.6 Å². The number of aromatic nitrogens is 4. The average molecular weight is 303 g/mol. The van der Waals surface area contributed by atoms with Crippen LogP contribution in [0.3, 0.4) is 0 Å². The van der Waals surface area contributed by atoms with Crippen LogP contribution in [-0.4, -0.2) is 19.9 Å². The van der Waals surface area contributed by atoms with Crippen molar-refractivity contribution in [1.29, 1.82) is 5.26 Å². The van der Waals surface area contributed by atoms with Gasteiger partial charge in [-0.15, -0.1) is 0 Å². The lowest BCUT2D eigenvalue weighted by Crippen LogP contribution is -2.01. The van der Waals surface area contributed by atoms with E-state index >= 15 is 0 Å². The molecule has 0 aliphatic heterocycles. The predicted octanol–water partition coefficient (Wildman–Crippen LogP) is 3.97. The van der Waals surface area contributed by atoms with E-state index in [1.807, 2.05) is 30.5 Å². The van der Waals surface area contributed by atoms with Gasteiger partial charge in [0, 0.05) is 23.3 Å². The number of nitrogens with one attached hydrogen (secondary N) is 1. The van der Waals surface area contributed by atoms with Gasteiger partial charge < -0.3 is 4.98 Å². The summed E-state index contributed by atoms with van der Waals surface area (Å²) in [5.74, 6) is 0. The number of pyridine rings is 1. The zero-order valence-electron chi connectivity index (χ0n) is 13.3. The molecule has 0 aromatic carbocycles. The van der Waals surface area contributed by atoms with Gasteiger partial charge >= 0.3 is 0 Å². The Balaban J connectivity index is 2.02. The van der Waals surface area contributed by atoms with Crippen LogP contribution in [-0.2, 0) is 0 Å². The van der Waals surface area contributed by atoms with E-state index in [0.29, 0.717) is 11.3 Å². The molecule has 0 bridgehead atoms. The molecule has 5 heteroatoms. The summed E-state index contributed by atoms with van der Waals surface area (Å²) in [6.45, 7) is 6.17. The minimum atomic E-state index is -0.0741. The summed E-state index contributed by atoms with van der Waals surface area (Å²) in [5, 5.41) is 10.3. The molecular formula is C18H17N5. The molecule has 0 saturated carbocycles. The molecule has 3 aromatic heterocycles. The third-order valence-corrected chi connectivity index (χ3v) is 3.36. The summed E-state index contributed by atoms with van der Waals surface area (Å²) in [4.78, 5) is 16.1. The molecule has 0 aliphatic rings. The van der Waals surface area contributed by atoms with Gasteiger partial charge in [0.15, 0.2) is 0 Å². The van der Waals surface area contributed by atoms with Gasteiger partial charge in [0.2, 0.25) is 0 Å². The fourth-order valence-electron chi connectivity index (χ4n) is 2.39. The van der Waals surface area contributed by atoms with Gasteiger partial charge in [-0.3, -0.25) is 4.98 Å². The molecule has 114 valence electrons. The normalized spacial score (nSPS) is 12.3. The number of fused-ring (bicyclic) bond motifs is 1. The van der Waals surface area contributed by atoms with Crippen molar-refractivity contribution in [2.45, 2.75) is 20.8 Å². The summed E-state index contributed by atoms with van der Waals surface area (Å²) in [6, 6.07) is 7.96. The van der Waals surface area contributed by atoms with Crippen LogP contribution < -0.4 is 0 Å². The lowest BCUT2D eigenvalue weighted by Gasteiger charge is -2.13. The van der Waals surface area contributed by atoms with E-state index in [9.17, 15) is 5.26 Å². The first-order chi connectivity index (χ1) is 11.0. The van der Waals surface area contributed by atoms with Gasteiger partial charge in [-0.1, -0.05) is 26.8 Å². The van der Waals surface area contributed by atoms with Crippen molar-refractivity contribution in [3.05, 3.63) is 48.7 Å². The van der Waals surface area contributed by atoms with Gasteiger partial charge in [0.05, 0.1) is 17.0 Å². The maximum atomic E-state index is 9.36. The zero-order valence-corrected chi connectivity index (χ0v) is 13.3. The number of rotatable bonds is 2. The highest BCUT2D eigenvalue weighted by atomic mass is 14.9. The Morgan fingerprint density at radius 1 is 1.17 bits per heavy atom. The zero-order chi connectivity index (χ0) is 16.4.